The third-order valence-electron chi connectivity index (χ3n) is 4.49. The molecule has 0 spiro atoms. The Labute approximate surface area is 115 Å². The van der Waals surface area contributed by atoms with E-state index in [-0.39, 0.29) is 5.91 Å². The average molecular weight is 270 g/mol. The fourth-order valence-electron chi connectivity index (χ4n) is 2.46. The molecule has 1 fully saturated rings. The summed E-state index contributed by atoms with van der Waals surface area (Å²) in [7, 11) is 1.70. The van der Waals surface area contributed by atoms with Crippen LogP contribution in [0.15, 0.2) is 0 Å². The van der Waals surface area contributed by atoms with Crippen molar-refractivity contribution in [3.05, 3.63) is 0 Å². The summed E-state index contributed by atoms with van der Waals surface area (Å²) in [6, 6.07) is 0. The molecule has 110 valence electrons. The van der Waals surface area contributed by atoms with Gasteiger partial charge in [0.1, 0.15) is 5.54 Å². The van der Waals surface area contributed by atoms with Crippen LogP contribution < -0.4 is 10.6 Å². The summed E-state index contributed by atoms with van der Waals surface area (Å²) in [6.45, 7) is 5.62. The molecule has 0 aromatic rings. The highest BCUT2D eigenvalue weighted by Gasteiger charge is 2.44. The van der Waals surface area contributed by atoms with Crippen molar-refractivity contribution in [2.24, 2.45) is 5.92 Å². The zero-order chi connectivity index (χ0) is 14.7. The van der Waals surface area contributed by atoms with Gasteiger partial charge >= 0.3 is 5.97 Å². The van der Waals surface area contributed by atoms with E-state index in [2.05, 4.69) is 17.6 Å². The van der Waals surface area contributed by atoms with Crippen LogP contribution in [0.2, 0.25) is 0 Å². The van der Waals surface area contributed by atoms with Crippen molar-refractivity contribution in [3.63, 3.8) is 0 Å². The van der Waals surface area contributed by atoms with E-state index in [1.54, 1.807) is 20.9 Å². The molecule has 1 saturated carbocycles. The van der Waals surface area contributed by atoms with Gasteiger partial charge in [0.05, 0.1) is 5.54 Å². The molecule has 1 rings (SSSR count). The zero-order valence-corrected chi connectivity index (χ0v) is 12.4. The number of carbonyl (C=O) groups is 2. The van der Waals surface area contributed by atoms with Gasteiger partial charge in [-0.2, -0.15) is 0 Å². The summed E-state index contributed by atoms with van der Waals surface area (Å²) >= 11 is 0. The van der Waals surface area contributed by atoms with E-state index in [1.807, 2.05) is 0 Å². The number of hydrogen-bond donors (Lipinski definition) is 3. The largest absolute Gasteiger partial charge is 0.480 e. The fraction of sp³-hybridized carbons (Fsp3) is 0.857. The maximum Gasteiger partial charge on any atom is 0.329 e. The van der Waals surface area contributed by atoms with Crippen LogP contribution in [0.25, 0.3) is 0 Å². The standard InChI is InChI=1S/C14H26N2O3/c1-5-10-6-8-14(9-7-10,12(18)19)16-11(17)13(2,3)15-4/h10,15H,5-9H2,1-4H3,(H,16,17)(H,18,19). The van der Waals surface area contributed by atoms with Gasteiger partial charge < -0.3 is 15.7 Å². The van der Waals surface area contributed by atoms with Crippen molar-refractivity contribution >= 4 is 11.9 Å². The van der Waals surface area contributed by atoms with E-state index in [4.69, 9.17) is 0 Å². The van der Waals surface area contributed by atoms with Gasteiger partial charge in [0.2, 0.25) is 5.91 Å². The molecule has 0 aromatic carbocycles. The Morgan fingerprint density at radius 3 is 2.21 bits per heavy atom. The van der Waals surface area contributed by atoms with E-state index >= 15 is 0 Å². The monoisotopic (exact) mass is 270 g/mol. The van der Waals surface area contributed by atoms with E-state index in [0.717, 1.165) is 19.3 Å². The second kappa shape index (κ2) is 5.90. The normalized spacial score (nSPS) is 27.9. The molecule has 0 atom stereocenters. The van der Waals surface area contributed by atoms with E-state index in [0.29, 0.717) is 18.8 Å². The first-order valence-electron chi connectivity index (χ1n) is 7.02. The minimum absolute atomic E-state index is 0.257. The van der Waals surface area contributed by atoms with Crippen molar-refractivity contribution in [1.29, 1.82) is 0 Å². The van der Waals surface area contributed by atoms with Gasteiger partial charge in [-0.05, 0) is 52.5 Å². The van der Waals surface area contributed by atoms with Gasteiger partial charge in [-0.25, -0.2) is 4.79 Å². The number of nitrogens with one attached hydrogen (secondary N) is 2. The molecule has 19 heavy (non-hydrogen) atoms. The number of aliphatic carboxylic acids is 1. The minimum atomic E-state index is -1.09. The molecule has 1 amide bonds. The van der Waals surface area contributed by atoms with Gasteiger partial charge in [-0.3, -0.25) is 4.79 Å². The summed E-state index contributed by atoms with van der Waals surface area (Å²) in [4.78, 5) is 23.8. The van der Waals surface area contributed by atoms with Crippen LogP contribution in [0.5, 0.6) is 0 Å². The van der Waals surface area contributed by atoms with Crippen molar-refractivity contribution in [1.82, 2.24) is 10.6 Å². The third-order valence-corrected chi connectivity index (χ3v) is 4.49. The van der Waals surface area contributed by atoms with Crippen LogP contribution >= 0.6 is 0 Å². The second-order valence-electron chi connectivity index (χ2n) is 6.07. The molecular weight excluding hydrogens is 244 g/mol. The van der Waals surface area contributed by atoms with Crippen LogP contribution in [0.1, 0.15) is 52.9 Å². The lowest BCUT2D eigenvalue weighted by Crippen LogP contribution is -2.62. The maximum atomic E-state index is 12.2. The molecule has 0 radical (unpaired) electrons. The van der Waals surface area contributed by atoms with Crippen molar-refractivity contribution in [3.8, 4) is 0 Å². The fourth-order valence-corrected chi connectivity index (χ4v) is 2.46. The van der Waals surface area contributed by atoms with Crippen LogP contribution in [0.4, 0.5) is 0 Å². The highest BCUT2D eigenvalue weighted by Crippen LogP contribution is 2.34. The molecule has 1 aliphatic carbocycles. The topological polar surface area (TPSA) is 78.4 Å². The van der Waals surface area contributed by atoms with Gasteiger partial charge in [0, 0.05) is 0 Å². The Kier molecular flexibility index (Phi) is 4.96. The van der Waals surface area contributed by atoms with Crippen LogP contribution in [0.3, 0.4) is 0 Å². The second-order valence-corrected chi connectivity index (χ2v) is 6.07. The highest BCUT2D eigenvalue weighted by molar-refractivity contribution is 5.91. The highest BCUT2D eigenvalue weighted by atomic mass is 16.4. The molecular formula is C14H26N2O3. The summed E-state index contributed by atoms with van der Waals surface area (Å²) in [5, 5.41) is 15.2. The molecule has 1 aliphatic rings. The van der Waals surface area contributed by atoms with Crippen LogP contribution in [0, 0.1) is 5.92 Å². The van der Waals surface area contributed by atoms with E-state index < -0.39 is 17.0 Å². The summed E-state index contributed by atoms with van der Waals surface area (Å²) < 4.78 is 0. The van der Waals surface area contributed by atoms with Crippen molar-refractivity contribution < 1.29 is 14.7 Å². The predicted octanol–water partition coefficient (Wildman–Crippen LogP) is 1.52. The number of carbonyl (C=O) groups excluding carboxylic acids is 1. The summed E-state index contributed by atoms with van der Waals surface area (Å²) in [5.74, 6) is -0.587. The molecule has 0 aromatic heterocycles. The molecule has 0 aliphatic heterocycles. The van der Waals surface area contributed by atoms with Gasteiger partial charge in [0.25, 0.3) is 0 Å². The molecule has 0 bridgehead atoms. The van der Waals surface area contributed by atoms with E-state index in [9.17, 15) is 14.7 Å². The Balaban J connectivity index is 2.80. The Hall–Kier alpha value is -1.10. The van der Waals surface area contributed by atoms with Crippen LogP contribution in [-0.2, 0) is 9.59 Å². The van der Waals surface area contributed by atoms with Gasteiger partial charge in [0.15, 0.2) is 0 Å². The first-order chi connectivity index (χ1) is 8.77. The third kappa shape index (κ3) is 3.47. The smallest absolute Gasteiger partial charge is 0.329 e. The molecule has 3 N–H and O–H groups in total. The first kappa shape index (κ1) is 16.0. The summed E-state index contributed by atoms with van der Waals surface area (Å²) in [5.41, 5.74) is -1.85. The van der Waals surface area contributed by atoms with E-state index in [1.165, 1.54) is 0 Å². The zero-order valence-electron chi connectivity index (χ0n) is 12.4. The number of hydrogen-bond acceptors (Lipinski definition) is 3. The summed E-state index contributed by atoms with van der Waals surface area (Å²) in [6.07, 6.45) is 3.84. The number of amides is 1. The Morgan fingerprint density at radius 1 is 1.32 bits per heavy atom. The number of carboxylic acid groups (broad SMARTS) is 1. The van der Waals surface area contributed by atoms with Gasteiger partial charge in [-0.15, -0.1) is 0 Å². The molecule has 0 unspecified atom stereocenters. The van der Waals surface area contributed by atoms with Crippen LogP contribution in [-0.4, -0.2) is 35.1 Å². The first-order valence-corrected chi connectivity index (χ1v) is 7.02. The lowest BCUT2D eigenvalue weighted by Gasteiger charge is -2.39. The Morgan fingerprint density at radius 2 is 1.84 bits per heavy atom. The quantitative estimate of drug-likeness (QED) is 0.708. The number of carboxylic acids is 1. The lowest BCUT2D eigenvalue weighted by atomic mass is 9.75. The Bertz CT molecular complexity index is 345. The molecule has 0 saturated heterocycles. The number of likely N-dealkylation sites (N-methyl/N-ethyl adjacent to an activating group) is 1. The predicted molar refractivity (Wildman–Crippen MR) is 73.9 cm³/mol. The SMILES string of the molecule is CCC1CCC(NC(=O)C(C)(C)NC)(C(=O)O)CC1. The molecule has 5 heteroatoms. The lowest BCUT2D eigenvalue weighted by molar-refractivity contribution is -0.150. The van der Waals surface area contributed by atoms with Crippen molar-refractivity contribution in [2.45, 2.75) is 64.0 Å². The van der Waals surface area contributed by atoms with Crippen molar-refractivity contribution in [2.75, 3.05) is 7.05 Å². The minimum Gasteiger partial charge on any atom is -0.480 e. The average Bonchev–Trinajstić information content (AvgIpc) is 2.39. The molecule has 5 nitrogen and oxygen atoms in total. The van der Waals surface area contributed by atoms with Gasteiger partial charge in [-0.1, -0.05) is 13.3 Å². The maximum absolute atomic E-state index is 12.2. The molecule has 0 heterocycles. The number of rotatable bonds is 5.